The summed E-state index contributed by atoms with van der Waals surface area (Å²) in [7, 11) is 0. The van der Waals surface area contributed by atoms with Gasteiger partial charge < -0.3 is 10.3 Å². The number of hydrogen-bond acceptors (Lipinski definition) is 1. The van der Waals surface area contributed by atoms with Crippen LogP contribution in [0.2, 0.25) is 0 Å². The van der Waals surface area contributed by atoms with E-state index in [0.717, 1.165) is 0 Å². The van der Waals surface area contributed by atoms with Crippen LogP contribution in [0, 0.1) is 0 Å². The summed E-state index contributed by atoms with van der Waals surface area (Å²) < 4.78 is 2.80. The van der Waals surface area contributed by atoms with E-state index >= 15 is 0 Å². The summed E-state index contributed by atoms with van der Waals surface area (Å²) in [6.07, 6.45) is 2.62. The van der Waals surface area contributed by atoms with E-state index in [1.165, 1.54) is 11.9 Å². The van der Waals surface area contributed by atoms with E-state index in [4.69, 9.17) is 5.53 Å². The fourth-order valence-electron chi connectivity index (χ4n) is 0.413. The first-order valence-corrected chi connectivity index (χ1v) is 3.09. The molecule has 1 heterocycles. The maximum Gasteiger partial charge on any atom is 0.342 e. The summed E-state index contributed by atoms with van der Waals surface area (Å²) in [5.41, 5.74) is 8.17. The van der Waals surface area contributed by atoms with Gasteiger partial charge in [-0.3, -0.25) is 0 Å². The van der Waals surface area contributed by atoms with E-state index < -0.39 is 0 Å². The Bertz CT molecular complexity index is 157. The maximum atomic E-state index is 8.17. The third-order valence-corrected chi connectivity index (χ3v) is 1.45. The molecule has 0 saturated heterocycles. The molecule has 0 saturated carbocycles. The quantitative estimate of drug-likeness (QED) is 0.297. The van der Waals surface area contributed by atoms with Crippen molar-refractivity contribution in [1.29, 1.82) is 0 Å². The van der Waals surface area contributed by atoms with Crippen LogP contribution in [0.4, 0.5) is 0 Å². The second-order valence-corrected chi connectivity index (χ2v) is 2.05. The van der Waals surface area contributed by atoms with Crippen LogP contribution in [0.5, 0.6) is 0 Å². The number of nitrogens with one attached hydrogen (secondary N) is 1. The van der Waals surface area contributed by atoms with Crippen LogP contribution in [0.15, 0.2) is 11.5 Å². The van der Waals surface area contributed by atoms with Crippen molar-refractivity contribution < 1.29 is 4.79 Å². The van der Waals surface area contributed by atoms with Gasteiger partial charge in [0.2, 0.25) is 0 Å². The summed E-state index contributed by atoms with van der Waals surface area (Å²) in [6, 6.07) is 0. The van der Waals surface area contributed by atoms with Gasteiger partial charge in [-0.1, -0.05) is 6.08 Å². The highest BCUT2D eigenvalue weighted by Gasteiger charge is 2.06. The number of amidine groups is 1. The summed E-state index contributed by atoms with van der Waals surface area (Å²) in [5.74, 6) is 0.609. The molecule has 42 valence electrons. The molecule has 0 aromatic rings. The summed E-state index contributed by atoms with van der Waals surface area (Å²) >= 11 is 1.41. The molecule has 0 radical (unpaired) electrons. The lowest BCUT2D eigenvalue weighted by Gasteiger charge is -1.95. The smallest absolute Gasteiger partial charge is 0.342 e. The molecule has 8 heavy (non-hydrogen) atoms. The van der Waals surface area contributed by atoms with Crippen molar-refractivity contribution in [2.45, 2.75) is 6.42 Å². The first-order valence-electron chi connectivity index (χ1n) is 2.21. The molecular weight excluding hydrogens is 122 g/mol. The Morgan fingerprint density at radius 2 is 2.75 bits per heavy atom. The first-order chi connectivity index (χ1) is 3.93. The molecule has 1 N–H and O–H groups in total. The lowest BCUT2D eigenvalue weighted by atomic mass is 10.4. The normalized spacial score (nSPS) is 17.2. The first kappa shape index (κ1) is 5.41. The molecule has 0 aromatic carbocycles. The monoisotopic (exact) mass is 127 g/mol. The van der Waals surface area contributed by atoms with Crippen molar-refractivity contribution in [2.24, 2.45) is 0 Å². The highest BCUT2D eigenvalue weighted by Crippen LogP contribution is 2.03. The van der Waals surface area contributed by atoms with Crippen LogP contribution in [-0.4, -0.2) is 10.6 Å². The largest absolute Gasteiger partial charge is 0.497 e. The maximum absolute atomic E-state index is 8.17. The van der Waals surface area contributed by atoms with Crippen LogP contribution < -0.4 is 4.72 Å². The third kappa shape index (κ3) is 1.12. The Labute approximate surface area is 51.5 Å². The van der Waals surface area contributed by atoms with Crippen molar-refractivity contribution in [3.8, 4) is 0 Å². The summed E-state index contributed by atoms with van der Waals surface area (Å²) in [4.78, 5) is 2.98. The van der Waals surface area contributed by atoms with Gasteiger partial charge in [0.25, 0.3) is 0 Å². The molecule has 1 aliphatic rings. The zero-order chi connectivity index (χ0) is 5.82. The molecule has 0 spiro atoms. The fourth-order valence-corrected chi connectivity index (χ4v) is 0.933. The molecule has 0 amide bonds. The lowest BCUT2D eigenvalue weighted by molar-refractivity contribution is -0.0104. The Balaban J connectivity index is 2.63. The average molecular weight is 127 g/mol. The Morgan fingerprint density at radius 1 is 1.88 bits per heavy atom. The molecule has 0 atom stereocenters. The molecule has 0 bridgehead atoms. The molecule has 0 unspecified atom stereocenters. The molecule has 0 aromatic heterocycles. The minimum atomic E-state index is 0.609. The van der Waals surface area contributed by atoms with E-state index in [2.05, 4.69) is 9.51 Å². The number of nitrogens with zero attached hydrogens (tertiary/aromatic N) is 2. The summed E-state index contributed by atoms with van der Waals surface area (Å²) in [5, 5.41) is 1.91. The van der Waals surface area contributed by atoms with Crippen LogP contribution in [0.3, 0.4) is 0 Å². The van der Waals surface area contributed by atoms with Crippen LogP contribution in [0.25, 0.3) is 5.53 Å². The zero-order valence-corrected chi connectivity index (χ0v) is 4.98. The third-order valence-electron chi connectivity index (χ3n) is 0.773. The minimum absolute atomic E-state index is 0.609. The Hall–Kier alpha value is -0.730. The van der Waals surface area contributed by atoms with E-state index in [1.54, 1.807) is 0 Å². The van der Waals surface area contributed by atoms with Crippen LogP contribution in [-0.2, 0) is 0 Å². The molecule has 1 rings (SSSR count). The fraction of sp³-hybridized carbons (Fsp3) is 0.250. The number of hydrogen-bond donors (Lipinski definition) is 1. The van der Waals surface area contributed by atoms with Crippen LogP contribution in [0.1, 0.15) is 6.42 Å². The Morgan fingerprint density at radius 3 is 3.12 bits per heavy atom. The molecule has 0 aliphatic carbocycles. The predicted octanol–water partition coefficient (Wildman–Crippen LogP) is 0.770. The van der Waals surface area contributed by atoms with Gasteiger partial charge in [-0.05, 0) is 0 Å². The van der Waals surface area contributed by atoms with Crippen molar-refractivity contribution in [2.75, 3.05) is 0 Å². The summed E-state index contributed by atoms with van der Waals surface area (Å²) in [6.45, 7) is 0. The van der Waals surface area contributed by atoms with Gasteiger partial charge in [0.1, 0.15) is 0 Å². The zero-order valence-electron chi connectivity index (χ0n) is 4.16. The highest BCUT2D eigenvalue weighted by atomic mass is 32.2. The van der Waals surface area contributed by atoms with Gasteiger partial charge in [-0.15, -0.1) is 0 Å². The van der Waals surface area contributed by atoms with E-state index in [0.29, 0.717) is 12.3 Å². The number of rotatable bonds is 0. The second kappa shape index (κ2) is 2.55. The van der Waals surface area contributed by atoms with Gasteiger partial charge in [0.05, 0.1) is 18.4 Å². The van der Waals surface area contributed by atoms with Gasteiger partial charge in [0.15, 0.2) is 0 Å². The van der Waals surface area contributed by atoms with Crippen molar-refractivity contribution in [1.82, 2.24) is 4.72 Å². The average Bonchev–Trinajstić information content (AvgIpc) is 1.90. The molecule has 1 aliphatic heterocycles. The van der Waals surface area contributed by atoms with Crippen LogP contribution >= 0.6 is 11.9 Å². The predicted molar refractivity (Wildman–Crippen MR) is 33.1 cm³/mol. The van der Waals surface area contributed by atoms with Gasteiger partial charge in [-0.2, -0.15) is 4.72 Å². The minimum Gasteiger partial charge on any atom is -0.497 e. The van der Waals surface area contributed by atoms with E-state index in [1.807, 2.05) is 11.5 Å². The van der Waals surface area contributed by atoms with E-state index in [-0.39, 0.29) is 0 Å². The molecule has 0 fully saturated rings. The van der Waals surface area contributed by atoms with Gasteiger partial charge in [0, 0.05) is 5.41 Å². The van der Waals surface area contributed by atoms with Crippen molar-refractivity contribution in [3.63, 3.8) is 0 Å². The topological polar surface area (TPSA) is 48.4 Å². The standard InChI is InChI=1S/C4H5N3S/c5-6-4-2-1-3-8-7-4/h1,3,7H,2H2. The van der Waals surface area contributed by atoms with Gasteiger partial charge >= 0.3 is 5.84 Å². The highest BCUT2D eigenvalue weighted by molar-refractivity contribution is 8.00. The SMILES string of the molecule is [N-]=[N+]=C1CC=CSN1. The molecule has 3 nitrogen and oxygen atoms in total. The van der Waals surface area contributed by atoms with Crippen molar-refractivity contribution in [3.05, 3.63) is 17.0 Å². The lowest BCUT2D eigenvalue weighted by Crippen LogP contribution is -2.17. The molecular formula is C4H5N3S. The molecule has 4 heteroatoms. The second-order valence-electron chi connectivity index (χ2n) is 1.34. The van der Waals surface area contributed by atoms with E-state index in [9.17, 15) is 0 Å². The Kier molecular flexibility index (Phi) is 1.72. The van der Waals surface area contributed by atoms with Crippen molar-refractivity contribution >= 4 is 17.8 Å². The van der Waals surface area contributed by atoms with Gasteiger partial charge in [-0.25, -0.2) is 0 Å².